The first-order chi connectivity index (χ1) is 9.53. The van der Waals surface area contributed by atoms with Crippen molar-refractivity contribution >= 4 is 11.6 Å². The maximum absolute atomic E-state index is 6.42. The molecule has 20 heavy (non-hydrogen) atoms. The third kappa shape index (κ3) is 3.15. The predicted octanol–water partition coefficient (Wildman–Crippen LogP) is 3.63. The van der Waals surface area contributed by atoms with E-state index in [0.717, 1.165) is 25.2 Å². The normalized spacial score (nSPS) is 22.6. The Kier molecular flexibility index (Phi) is 4.00. The highest BCUT2D eigenvalue weighted by Gasteiger charge is 2.29. The van der Waals surface area contributed by atoms with Crippen molar-refractivity contribution in [3.05, 3.63) is 22.2 Å². The van der Waals surface area contributed by atoms with Crippen LogP contribution in [0, 0.1) is 5.41 Å². The summed E-state index contributed by atoms with van der Waals surface area (Å²) in [7, 11) is 0. The van der Waals surface area contributed by atoms with Gasteiger partial charge in [0.05, 0.1) is 6.54 Å². The lowest BCUT2D eigenvalue weighted by Gasteiger charge is -2.31. The lowest BCUT2D eigenvalue weighted by Crippen LogP contribution is -2.31. The van der Waals surface area contributed by atoms with Gasteiger partial charge in [0.1, 0.15) is 11.0 Å². The number of fused-ring (bicyclic) bond motifs is 1. The number of nitrogens with zero attached hydrogens (tertiary/aromatic N) is 3. The third-order valence-electron chi connectivity index (χ3n) is 4.60. The summed E-state index contributed by atoms with van der Waals surface area (Å²) in [6.07, 6.45) is 7.19. The number of rotatable bonds is 2. The number of aryl methyl sites for hydroxylation is 1. The summed E-state index contributed by atoms with van der Waals surface area (Å²) >= 11 is 6.42. The fourth-order valence-electron chi connectivity index (χ4n) is 3.34. The second-order valence-electron chi connectivity index (χ2n) is 7.03. The van der Waals surface area contributed by atoms with E-state index in [9.17, 15) is 0 Å². The standard InChI is InChI=1S/C16H24ClN3/c1-16(2)7-6-13-12(10-16)15(17)19-14(18-13)11-20-8-4-3-5-9-20/h3-11H2,1-2H3. The van der Waals surface area contributed by atoms with Crippen molar-refractivity contribution in [2.24, 2.45) is 5.41 Å². The van der Waals surface area contributed by atoms with E-state index in [2.05, 4.69) is 23.7 Å². The molecule has 1 saturated heterocycles. The number of halogens is 1. The van der Waals surface area contributed by atoms with Gasteiger partial charge in [-0.25, -0.2) is 9.97 Å². The summed E-state index contributed by atoms with van der Waals surface area (Å²) in [6.45, 7) is 7.80. The van der Waals surface area contributed by atoms with E-state index in [1.165, 1.54) is 50.0 Å². The van der Waals surface area contributed by atoms with Gasteiger partial charge in [0.2, 0.25) is 0 Å². The molecule has 0 saturated carbocycles. The van der Waals surface area contributed by atoms with Gasteiger partial charge >= 0.3 is 0 Å². The average Bonchev–Trinajstić information content (AvgIpc) is 2.41. The number of hydrogen-bond donors (Lipinski definition) is 0. The smallest absolute Gasteiger partial charge is 0.144 e. The van der Waals surface area contributed by atoms with Gasteiger partial charge in [-0.05, 0) is 50.6 Å². The van der Waals surface area contributed by atoms with Gasteiger partial charge in [0.15, 0.2) is 0 Å². The molecule has 0 N–H and O–H groups in total. The molecule has 0 unspecified atom stereocenters. The molecule has 1 aromatic heterocycles. The Hall–Kier alpha value is -0.670. The van der Waals surface area contributed by atoms with E-state index < -0.39 is 0 Å². The fourth-order valence-corrected chi connectivity index (χ4v) is 3.62. The zero-order valence-electron chi connectivity index (χ0n) is 12.6. The van der Waals surface area contributed by atoms with Crippen LogP contribution in [0.3, 0.4) is 0 Å². The molecule has 1 aliphatic carbocycles. The Balaban J connectivity index is 1.79. The Labute approximate surface area is 126 Å². The van der Waals surface area contributed by atoms with Crippen LogP contribution in [-0.4, -0.2) is 28.0 Å². The van der Waals surface area contributed by atoms with Crippen LogP contribution in [0.2, 0.25) is 5.15 Å². The molecule has 2 aliphatic rings. The highest BCUT2D eigenvalue weighted by atomic mass is 35.5. The molecule has 0 aromatic carbocycles. The summed E-state index contributed by atoms with van der Waals surface area (Å²) in [5, 5.41) is 0.690. The van der Waals surface area contributed by atoms with Crippen LogP contribution < -0.4 is 0 Å². The number of aromatic nitrogens is 2. The van der Waals surface area contributed by atoms with Crippen LogP contribution in [0.4, 0.5) is 0 Å². The molecule has 1 fully saturated rings. The monoisotopic (exact) mass is 293 g/mol. The Morgan fingerprint density at radius 3 is 2.65 bits per heavy atom. The van der Waals surface area contributed by atoms with Crippen molar-refractivity contribution in [2.75, 3.05) is 13.1 Å². The summed E-state index contributed by atoms with van der Waals surface area (Å²) in [6, 6.07) is 0. The molecule has 3 nitrogen and oxygen atoms in total. The van der Waals surface area contributed by atoms with Crippen LogP contribution in [0.15, 0.2) is 0 Å². The predicted molar refractivity (Wildman–Crippen MR) is 82.0 cm³/mol. The van der Waals surface area contributed by atoms with Crippen LogP contribution in [-0.2, 0) is 19.4 Å². The van der Waals surface area contributed by atoms with Crippen molar-refractivity contribution < 1.29 is 0 Å². The van der Waals surface area contributed by atoms with Crippen molar-refractivity contribution in [2.45, 2.75) is 58.9 Å². The summed E-state index contributed by atoms with van der Waals surface area (Å²) < 4.78 is 0. The Morgan fingerprint density at radius 2 is 1.90 bits per heavy atom. The average molecular weight is 294 g/mol. The molecular formula is C16H24ClN3. The van der Waals surface area contributed by atoms with Crippen molar-refractivity contribution in [3.63, 3.8) is 0 Å². The maximum atomic E-state index is 6.42. The molecule has 4 heteroatoms. The summed E-state index contributed by atoms with van der Waals surface area (Å²) in [4.78, 5) is 11.8. The van der Waals surface area contributed by atoms with Crippen molar-refractivity contribution in [3.8, 4) is 0 Å². The van der Waals surface area contributed by atoms with Gasteiger partial charge in [-0.1, -0.05) is 31.9 Å². The zero-order valence-corrected chi connectivity index (χ0v) is 13.3. The van der Waals surface area contributed by atoms with Gasteiger partial charge in [-0.2, -0.15) is 0 Å². The van der Waals surface area contributed by atoms with Crippen molar-refractivity contribution in [1.29, 1.82) is 0 Å². The minimum absolute atomic E-state index is 0.328. The zero-order chi connectivity index (χ0) is 14.2. The summed E-state index contributed by atoms with van der Waals surface area (Å²) in [5.41, 5.74) is 2.70. The second kappa shape index (κ2) is 5.61. The largest absolute Gasteiger partial charge is 0.296 e. The van der Waals surface area contributed by atoms with E-state index in [1.807, 2.05) is 0 Å². The quantitative estimate of drug-likeness (QED) is 0.780. The van der Waals surface area contributed by atoms with E-state index >= 15 is 0 Å². The van der Waals surface area contributed by atoms with E-state index in [-0.39, 0.29) is 0 Å². The van der Waals surface area contributed by atoms with Crippen LogP contribution in [0.1, 0.15) is 56.6 Å². The first-order valence-corrected chi connectivity index (χ1v) is 8.18. The van der Waals surface area contributed by atoms with E-state index in [1.54, 1.807) is 0 Å². The van der Waals surface area contributed by atoms with E-state index in [4.69, 9.17) is 16.6 Å². The highest BCUT2D eigenvalue weighted by molar-refractivity contribution is 6.30. The number of piperidine rings is 1. The lowest BCUT2D eigenvalue weighted by molar-refractivity contribution is 0.215. The molecular weight excluding hydrogens is 270 g/mol. The molecule has 0 spiro atoms. The van der Waals surface area contributed by atoms with Gasteiger partial charge in [0, 0.05) is 11.3 Å². The van der Waals surface area contributed by atoms with Gasteiger partial charge in [-0.3, -0.25) is 4.90 Å². The maximum Gasteiger partial charge on any atom is 0.144 e. The first-order valence-electron chi connectivity index (χ1n) is 7.80. The molecule has 1 aliphatic heterocycles. The lowest BCUT2D eigenvalue weighted by atomic mass is 9.76. The Bertz CT molecular complexity index is 493. The third-order valence-corrected chi connectivity index (χ3v) is 4.91. The molecule has 0 radical (unpaired) electrons. The number of hydrogen-bond acceptors (Lipinski definition) is 3. The topological polar surface area (TPSA) is 29.0 Å². The van der Waals surface area contributed by atoms with Crippen LogP contribution >= 0.6 is 11.6 Å². The molecule has 2 heterocycles. The second-order valence-corrected chi connectivity index (χ2v) is 7.39. The minimum atomic E-state index is 0.328. The van der Waals surface area contributed by atoms with Crippen LogP contribution in [0.25, 0.3) is 0 Å². The van der Waals surface area contributed by atoms with E-state index in [0.29, 0.717) is 10.6 Å². The fraction of sp³-hybridized carbons (Fsp3) is 0.750. The molecule has 1 aromatic rings. The molecule has 110 valence electrons. The number of likely N-dealkylation sites (tertiary alicyclic amines) is 1. The summed E-state index contributed by atoms with van der Waals surface area (Å²) in [5.74, 6) is 0.912. The molecule has 0 atom stereocenters. The van der Waals surface area contributed by atoms with Gasteiger partial charge in [0.25, 0.3) is 0 Å². The molecule has 0 amide bonds. The van der Waals surface area contributed by atoms with Crippen molar-refractivity contribution in [1.82, 2.24) is 14.9 Å². The van der Waals surface area contributed by atoms with Crippen LogP contribution in [0.5, 0.6) is 0 Å². The van der Waals surface area contributed by atoms with Gasteiger partial charge in [-0.15, -0.1) is 0 Å². The molecule has 3 rings (SSSR count). The SMILES string of the molecule is CC1(C)CCc2nc(CN3CCCCC3)nc(Cl)c2C1. The molecule has 0 bridgehead atoms. The highest BCUT2D eigenvalue weighted by Crippen LogP contribution is 2.36. The Morgan fingerprint density at radius 1 is 1.15 bits per heavy atom. The van der Waals surface area contributed by atoms with Gasteiger partial charge < -0.3 is 0 Å². The first kappa shape index (κ1) is 14.3. The minimum Gasteiger partial charge on any atom is -0.296 e.